The van der Waals surface area contributed by atoms with Gasteiger partial charge in [-0.15, -0.1) is 0 Å². The summed E-state index contributed by atoms with van der Waals surface area (Å²) in [4.78, 5) is 13.1. The smallest absolute Gasteiger partial charge is 0.414 e. The average Bonchev–Trinajstić information content (AvgIpc) is 3.06. The zero-order chi connectivity index (χ0) is 17.9. The molecule has 25 heavy (non-hydrogen) atoms. The van der Waals surface area contributed by atoms with Gasteiger partial charge in [0.05, 0.1) is 18.6 Å². The SMILES string of the molecule is COc1ccc(CNS(=O)(=O)c2ccc(N3CCOC3=O)cc2)cc1. The van der Waals surface area contributed by atoms with E-state index in [2.05, 4.69) is 4.72 Å². The van der Waals surface area contributed by atoms with E-state index in [1.54, 1.807) is 43.5 Å². The van der Waals surface area contributed by atoms with Gasteiger partial charge in [-0.25, -0.2) is 17.9 Å². The standard InChI is InChI=1S/C17H18N2O5S/c1-23-15-6-2-13(3-7-15)12-18-25(21,22)16-8-4-14(5-9-16)19-10-11-24-17(19)20/h2-9,18H,10-12H2,1H3. The average molecular weight is 362 g/mol. The summed E-state index contributed by atoms with van der Waals surface area (Å²) < 4.78 is 37.3. The molecule has 1 N–H and O–H groups in total. The first-order chi connectivity index (χ1) is 12.0. The number of carbonyl (C=O) groups excluding carboxylic acids is 1. The maximum atomic E-state index is 12.4. The minimum absolute atomic E-state index is 0.136. The number of hydrogen-bond donors (Lipinski definition) is 1. The molecule has 1 aliphatic rings. The van der Waals surface area contributed by atoms with Gasteiger partial charge in [0, 0.05) is 12.2 Å². The molecule has 0 radical (unpaired) electrons. The van der Waals surface area contributed by atoms with Crippen molar-refractivity contribution in [2.45, 2.75) is 11.4 Å². The van der Waals surface area contributed by atoms with Crippen LogP contribution in [-0.2, 0) is 21.3 Å². The fraction of sp³-hybridized carbons (Fsp3) is 0.235. The van der Waals surface area contributed by atoms with E-state index in [1.165, 1.54) is 17.0 Å². The molecule has 0 aromatic heterocycles. The largest absolute Gasteiger partial charge is 0.497 e. The number of hydrogen-bond acceptors (Lipinski definition) is 5. The van der Waals surface area contributed by atoms with Crippen molar-refractivity contribution >= 4 is 21.8 Å². The topological polar surface area (TPSA) is 84.9 Å². The van der Waals surface area contributed by atoms with Crippen molar-refractivity contribution in [1.82, 2.24) is 4.72 Å². The van der Waals surface area contributed by atoms with Crippen LogP contribution >= 0.6 is 0 Å². The quantitative estimate of drug-likeness (QED) is 0.851. The molecule has 0 aliphatic carbocycles. The van der Waals surface area contributed by atoms with Crippen molar-refractivity contribution in [2.75, 3.05) is 25.2 Å². The number of nitrogens with one attached hydrogen (secondary N) is 1. The minimum atomic E-state index is -3.64. The highest BCUT2D eigenvalue weighted by molar-refractivity contribution is 7.89. The first kappa shape index (κ1) is 17.2. The maximum absolute atomic E-state index is 12.4. The van der Waals surface area contributed by atoms with Crippen LogP contribution in [0.5, 0.6) is 5.75 Å². The summed E-state index contributed by atoms with van der Waals surface area (Å²) in [7, 11) is -2.07. The summed E-state index contributed by atoms with van der Waals surface area (Å²) in [6, 6.07) is 13.3. The van der Waals surface area contributed by atoms with Crippen LogP contribution in [0, 0.1) is 0 Å². The van der Waals surface area contributed by atoms with Crippen molar-refractivity contribution in [3.63, 3.8) is 0 Å². The second kappa shape index (κ2) is 7.12. The summed E-state index contributed by atoms with van der Waals surface area (Å²) >= 11 is 0. The Morgan fingerprint density at radius 1 is 1.12 bits per heavy atom. The lowest BCUT2D eigenvalue weighted by molar-refractivity contribution is 0.181. The van der Waals surface area contributed by atoms with E-state index in [-0.39, 0.29) is 11.4 Å². The van der Waals surface area contributed by atoms with E-state index in [9.17, 15) is 13.2 Å². The Labute approximate surface area is 146 Å². The highest BCUT2D eigenvalue weighted by Crippen LogP contribution is 2.21. The van der Waals surface area contributed by atoms with E-state index in [1.807, 2.05) is 0 Å². The molecule has 1 saturated heterocycles. The van der Waals surface area contributed by atoms with E-state index >= 15 is 0 Å². The van der Waals surface area contributed by atoms with E-state index in [4.69, 9.17) is 9.47 Å². The summed E-state index contributed by atoms with van der Waals surface area (Å²) in [5, 5.41) is 0. The number of nitrogens with zero attached hydrogens (tertiary/aromatic N) is 1. The fourth-order valence-electron chi connectivity index (χ4n) is 2.44. The number of cyclic esters (lactones) is 1. The molecule has 1 amide bonds. The Morgan fingerprint density at radius 2 is 1.80 bits per heavy atom. The van der Waals surface area contributed by atoms with Crippen molar-refractivity contribution < 1.29 is 22.7 Å². The Bertz CT molecular complexity index is 848. The predicted octanol–water partition coefficient (Wildman–Crippen LogP) is 2.13. The molecule has 0 unspecified atom stereocenters. The summed E-state index contributed by atoms with van der Waals surface area (Å²) in [6.45, 7) is 0.968. The number of carbonyl (C=O) groups is 1. The van der Waals surface area contributed by atoms with Crippen molar-refractivity contribution in [3.05, 3.63) is 54.1 Å². The number of ether oxygens (including phenoxy) is 2. The predicted molar refractivity (Wildman–Crippen MR) is 92.2 cm³/mol. The lowest BCUT2D eigenvalue weighted by atomic mass is 10.2. The molecule has 1 heterocycles. The van der Waals surface area contributed by atoms with Gasteiger partial charge < -0.3 is 9.47 Å². The molecule has 1 fully saturated rings. The molecular formula is C17H18N2O5S. The normalized spacial score (nSPS) is 14.4. The van der Waals surface area contributed by atoms with Gasteiger partial charge in [0.2, 0.25) is 10.0 Å². The molecule has 0 spiro atoms. The van der Waals surface area contributed by atoms with Crippen molar-refractivity contribution in [3.8, 4) is 5.75 Å². The third-order valence-electron chi connectivity index (χ3n) is 3.84. The van der Waals surface area contributed by atoms with Gasteiger partial charge in [-0.05, 0) is 42.0 Å². The zero-order valence-electron chi connectivity index (χ0n) is 13.6. The van der Waals surface area contributed by atoms with Crippen molar-refractivity contribution in [2.24, 2.45) is 0 Å². The lowest BCUT2D eigenvalue weighted by Crippen LogP contribution is -2.24. The molecule has 2 aromatic rings. The van der Waals surface area contributed by atoms with Crippen LogP contribution in [0.2, 0.25) is 0 Å². The molecule has 0 saturated carbocycles. The first-order valence-corrected chi connectivity index (χ1v) is 9.15. The molecule has 2 aromatic carbocycles. The van der Waals surface area contributed by atoms with Crippen molar-refractivity contribution in [1.29, 1.82) is 0 Å². The lowest BCUT2D eigenvalue weighted by Gasteiger charge is -2.13. The highest BCUT2D eigenvalue weighted by Gasteiger charge is 2.24. The van der Waals surface area contributed by atoms with Crippen LogP contribution in [0.25, 0.3) is 0 Å². The van der Waals surface area contributed by atoms with Gasteiger partial charge in [0.1, 0.15) is 12.4 Å². The molecule has 8 heteroatoms. The second-order valence-corrected chi connectivity index (χ2v) is 7.20. The second-order valence-electron chi connectivity index (χ2n) is 5.43. The third-order valence-corrected chi connectivity index (χ3v) is 5.26. The zero-order valence-corrected chi connectivity index (χ0v) is 14.5. The van der Waals surface area contributed by atoms with Crippen LogP contribution in [0.15, 0.2) is 53.4 Å². The number of methoxy groups -OCH3 is 1. The van der Waals surface area contributed by atoms with Crippen LogP contribution < -0.4 is 14.4 Å². The molecule has 132 valence electrons. The van der Waals surface area contributed by atoms with Crippen LogP contribution in [0.3, 0.4) is 0 Å². The highest BCUT2D eigenvalue weighted by atomic mass is 32.2. The Morgan fingerprint density at radius 3 is 2.36 bits per heavy atom. The number of sulfonamides is 1. The third kappa shape index (κ3) is 3.92. The maximum Gasteiger partial charge on any atom is 0.414 e. The van der Waals surface area contributed by atoms with Gasteiger partial charge in [-0.1, -0.05) is 12.1 Å². The summed E-state index contributed by atoms with van der Waals surface area (Å²) in [6.07, 6.45) is -0.423. The van der Waals surface area contributed by atoms with E-state index in [0.29, 0.717) is 24.6 Å². The number of amides is 1. The molecule has 0 bridgehead atoms. The Hall–Kier alpha value is -2.58. The van der Waals surface area contributed by atoms with E-state index < -0.39 is 16.1 Å². The van der Waals surface area contributed by atoms with Gasteiger partial charge >= 0.3 is 6.09 Å². The summed E-state index contributed by atoms with van der Waals surface area (Å²) in [5.41, 5.74) is 1.43. The summed E-state index contributed by atoms with van der Waals surface area (Å²) in [5.74, 6) is 0.711. The van der Waals surface area contributed by atoms with Gasteiger partial charge in [0.25, 0.3) is 0 Å². The number of anilines is 1. The van der Waals surface area contributed by atoms with Crippen LogP contribution in [-0.4, -0.2) is 34.8 Å². The fourth-order valence-corrected chi connectivity index (χ4v) is 3.46. The monoisotopic (exact) mass is 362 g/mol. The van der Waals surface area contributed by atoms with Gasteiger partial charge in [-0.3, -0.25) is 4.90 Å². The number of rotatable bonds is 6. The van der Waals surface area contributed by atoms with Gasteiger partial charge in [0.15, 0.2) is 0 Å². The van der Waals surface area contributed by atoms with Gasteiger partial charge in [-0.2, -0.15) is 0 Å². The molecular weight excluding hydrogens is 344 g/mol. The van der Waals surface area contributed by atoms with Crippen LogP contribution in [0.4, 0.5) is 10.5 Å². The molecule has 1 aliphatic heterocycles. The minimum Gasteiger partial charge on any atom is -0.497 e. The van der Waals surface area contributed by atoms with Crippen LogP contribution in [0.1, 0.15) is 5.56 Å². The first-order valence-electron chi connectivity index (χ1n) is 7.66. The Kier molecular flexibility index (Phi) is 4.91. The van der Waals surface area contributed by atoms with E-state index in [0.717, 1.165) is 5.56 Å². The molecule has 3 rings (SSSR count). The Balaban J connectivity index is 1.67. The number of benzene rings is 2. The molecule has 0 atom stereocenters. The molecule has 7 nitrogen and oxygen atoms in total.